The van der Waals surface area contributed by atoms with Crippen LogP contribution in [-0.4, -0.2) is 73.1 Å². The summed E-state index contributed by atoms with van der Waals surface area (Å²) in [6, 6.07) is 8.25. The van der Waals surface area contributed by atoms with Crippen LogP contribution in [0.5, 0.6) is 0 Å². The molecule has 4 heterocycles. The molecule has 15 heteroatoms. The molecule has 4 aromatic heterocycles. The monoisotopic (exact) mass is 656 g/mol. The Balaban J connectivity index is -0.000000432. The number of aromatic nitrogens is 8. The maximum atomic E-state index is 3.90. The van der Waals surface area contributed by atoms with Crippen molar-refractivity contribution in [3.63, 3.8) is 0 Å². The smallest absolute Gasteiger partial charge is 0.457 e. The summed E-state index contributed by atoms with van der Waals surface area (Å²) in [7, 11) is -4.40. The second-order valence-corrected chi connectivity index (χ2v) is 33.0. The van der Waals surface area contributed by atoms with Gasteiger partial charge in [-0.1, -0.05) is 78.6 Å². The molecule has 0 amide bonds. The number of H-pyrrole nitrogens is 4. The molecule has 4 rings (SSSR count). The zero-order valence-electron chi connectivity index (χ0n) is 25.9. The summed E-state index contributed by atoms with van der Waals surface area (Å²) in [5.41, 5.74) is 0. The topological polar surface area (TPSA) is 181 Å². The van der Waals surface area contributed by atoms with E-state index >= 15 is 0 Å². The van der Waals surface area contributed by atoms with Gasteiger partial charge in [-0.15, -0.1) is 0 Å². The predicted octanol–water partition coefficient (Wildman–Crippen LogP) is 1.97. The van der Waals surface area contributed by atoms with Crippen LogP contribution in [0.25, 0.3) is 0 Å². The van der Waals surface area contributed by atoms with E-state index in [4.69, 9.17) is 0 Å². The first-order chi connectivity index (χ1) is 16.4. The Hall–Kier alpha value is -1.88. The molecule has 224 valence electrons. The molecule has 39 heavy (non-hydrogen) atoms. The average Bonchev–Trinajstić information content (AvgIpc) is 3.57. The molecular formula is C24H54N8NiO2Si4+4. The first-order valence-corrected chi connectivity index (χ1v) is 26.4. The largest absolute Gasteiger partial charge is 2.00 e. The van der Waals surface area contributed by atoms with Gasteiger partial charge in [0.1, 0.15) is 32.3 Å². The van der Waals surface area contributed by atoms with Gasteiger partial charge in [-0.25, -0.2) is 0 Å². The number of nitrogens with zero attached hydrogens (tertiary/aromatic N) is 4. The van der Waals surface area contributed by atoms with Gasteiger partial charge in [0, 0.05) is 46.1 Å². The standard InChI is InChI=1S/4C6H12N2Si.Ni.2H2O/c4*1-9(2,3)6-4-5-7-8-6;;;/h4*4-5H,1-3H3,(H,7,8);;2*1H2/q;;;;+2;;/p+2. The van der Waals surface area contributed by atoms with Crippen molar-refractivity contribution in [1.82, 2.24) is 40.8 Å². The maximum absolute atomic E-state index is 3.90. The van der Waals surface area contributed by atoms with E-state index in [1.54, 1.807) is 0 Å². The first-order valence-electron chi connectivity index (χ1n) is 12.4. The van der Waals surface area contributed by atoms with Crippen molar-refractivity contribution in [2.24, 2.45) is 0 Å². The molecule has 10 nitrogen and oxygen atoms in total. The van der Waals surface area contributed by atoms with Gasteiger partial charge in [0.05, 0.1) is 0 Å². The average molecular weight is 658 g/mol. The van der Waals surface area contributed by atoms with Crippen LogP contribution in [0.2, 0.25) is 78.6 Å². The van der Waals surface area contributed by atoms with Crippen LogP contribution < -0.4 is 21.3 Å². The number of hydrogen-bond acceptors (Lipinski definition) is 4. The van der Waals surface area contributed by atoms with E-state index in [0.717, 1.165) is 0 Å². The van der Waals surface area contributed by atoms with Crippen LogP contribution in [0, 0.1) is 0 Å². The van der Waals surface area contributed by atoms with E-state index in [1.807, 2.05) is 24.8 Å². The van der Waals surface area contributed by atoms with Gasteiger partial charge in [0.2, 0.25) is 0 Å². The molecule has 0 saturated heterocycles. The van der Waals surface area contributed by atoms with Crippen molar-refractivity contribution in [3.05, 3.63) is 49.1 Å². The van der Waals surface area contributed by atoms with Gasteiger partial charge in [-0.2, -0.15) is 20.4 Å². The zero-order chi connectivity index (χ0) is 27.6. The SMILES string of the molecule is C[Si](C)(C)c1ccn[nH]1.C[Si](C)(C)c1ccn[nH]1.C[Si](C)(C)c1ccn[nH]1.C[Si](C)(C)c1ccn[nH]1.[Ni+2].[OH3+].[OH3+]. The number of aromatic amines is 4. The number of nitrogens with one attached hydrogen (secondary N) is 4. The van der Waals surface area contributed by atoms with E-state index < -0.39 is 32.3 Å². The quantitative estimate of drug-likeness (QED) is 0.194. The van der Waals surface area contributed by atoms with Crippen molar-refractivity contribution in [2.45, 2.75) is 78.6 Å². The third-order valence-electron chi connectivity index (χ3n) is 5.24. The summed E-state index contributed by atoms with van der Waals surface area (Å²) in [4.78, 5) is 0. The summed E-state index contributed by atoms with van der Waals surface area (Å²) < 4.78 is 0. The Labute approximate surface area is 248 Å². The van der Waals surface area contributed by atoms with Gasteiger partial charge in [0.15, 0.2) is 0 Å². The Morgan fingerprint density at radius 1 is 0.385 bits per heavy atom. The second kappa shape index (κ2) is 17.7. The molecular weight excluding hydrogens is 603 g/mol. The summed E-state index contributed by atoms with van der Waals surface area (Å²) in [6.07, 6.45) is 7.25. The molecule has 0 fully saturated rings. The minimum atomic E-state index is -1.10. The van der Waals surface area contributed by atoms with Crippen molar-refractivity contribution < 1.29 is 27.4 Å². The minimum absolute atomic E-state index is 0. The molecule has 0 unspecified atom stereocenters. The van der Waals surface area contributed by atoms with Crippen molar-refractivity contribution >= 4 is 53.6 Å². The van der Waals surface area contributed by atoms with E-state index in [-0.39, 0.29) is 27.4 Å². The maximum Gasteiger partial charge on any atom is 2.00 e. The minimum Gasteiger partial charge on any atom is -0.457 e. The van der Waals surface area contributed by atoms with Crippen LogP contribution in [0.4, 0.5) is 0 Å². The number of hydrogen-bond donors (Lipinski definition) is 4. The van der Waals surface area contributed by atoms with E-state index in [9.17, 15) is 0 Å². The molecule has 0 bridgehead atoms. The van der Waals surface area contributed by atoms with Gasteiger partial charge in [0.25, 0.3) is 0 Å². The van der Waals surface area contributed by atoms with E-state index in [2.05, 4.69) is 144 Å². The third kappa shape index (κ3) is 16.7. The molecule has 0 spiro atoms. The normalized spacial score (nSPS) is 11.0. The molecule has 0 aromatic carbocycles. The van der Waals surface area contributed by atoms with Crippen molar-refractivity contribution in [3.8, 4) is 0 Å². The molecule has 0 aliphatic rings. The summed E-state index contributed by atoms with van der Waals surface area (Å²) in [6.45, 7) is 27.5. The fourth-order valence-electron chi connectivity index (χ4n) is 2.69. The van der Waals surface area contributed by atoms with Gasteiger partial charge < -0.3 is 11.0 Å². The molecule has 0 saturated carbocycles. The van der Waals surface area contributed by atoms with Crippen LogP contribution in [-0.2, 0) is 27.4 Å². The molecule has 0 radical (unpaired) electrons. The van der Waals surface area contributed by atoms with Crippen LogP contribution in [0.3, 0.4) is 0 Å². The Kier molecular flexibility index (Phi) is 18.9. The van der Waals surface area contributed by atoms with E-state index in [1.165, 1.54) is 21.3 Å². The fraction of sp³-hybridized carbons (Fsp3) is 0.500. The molecule has 0 aliphatic heterocycles. The number of rotatable bonds is 4. The first kappa shape index (κ1) is 41.6. The molecule has 10 N–H and O–H groups in total. The Bertz CT molecular complexity index is 889. The second-order valence-electron chi connectivity index (χ2n) is 12.9. The molecule has 0 aliphatic carbocycles. The zero-order valence-corrected chi connectivity index (χ0v) is 30.9. The summed E-state index contributed by atoms with van der Waals surface area (Å²) in [5.74, 6) is 0. The van der Waals surface area contributed by atoms with Crippen molar-refractivity contribution in [1.29, 1.82) is 0 Å². The fourth-order valence-corrected chi connectivity index (χ4v) is 6.59. The van der Waals surface area contributed by atoms with Crippen LogP contribution in [0.1, 0.15) is 0 Å². The van der Waals surface area contributed by atoms with Gasteiger partial charge in [-0.05, 0) is 24.3 Å². The summed E-state index contributed by atoms with van der Waals surface area (Å²) >= 11 is 0. The molecule has 0 atom stereocenters. The van der Waals surface area contributed by atoms with E-state index in [0.29, 0.717) is 0 Å². The van der Waals surface area contributed by atoms with Gasteiger partial charge >= 0.3 is 16.5 Å². The Morgan fingerprint density at radius 2 is 0.538 bits per heavy atom. The van der Waals surface area contributed by atoms with Crippen LogP contribution >= 0.6 is 0 Å². The Morgan fingerprint density at radius 3 is 0.590 bits per heavy atom. The van der Waals surface area contributed by atoms with Gasteiger partial charge in [-0.3, -0.25) is 20.4 Å². The van der Waals surface area contributed by atoms with Crippen LogP contribution in [0.15, 0.2) is 49.1 Å². The van der Waals surface area contributed by atoms with Crippen molar-refractivity contribution in [2.75, 3.05) is 0 Å². The molecule has 4 aromatic rings. The predicted molar refractivity (Wildman–Crippen MR) is 176 cm³/mol. The summed E-state index contributed by atoms with van der Waals surface area (Å²) in [5, 5.41) is 32.8. The third-order valence-corrected chi connectivity index (χ3v) is 12.8.